The average molecular weight is 540 g/mol. The van der Waals surface area contributed by atoms with Crippen LogP contribution < -0.4 is 5.73 Å². The molecule has 1 unspecified atom stereocenters. The molecule has 0 aliphatic carbocycles. The molecule has 0 saturated carbocycles. The minimum absolute atomic E-state index is 0.268. The van der Waals surface area contributed by atoms with Gasteiger partial charge in [0.25, 0.3) is 0 Å². The fourth-order valence-electron chi connectivity index (χ4n) is 4.52. The Kier molecular flexibility index (Phi) is 13.0. The number of carbonyl (C=O) groups is 1. The number of esters is 1. The second-order valence-electron chi connectivity index (χ2n) is 10.8. The topological polar surface area (TPSA) is 133 Å². The molecule has 1 aromatic rings. The van der Waals surface area contributed by atoms with Crippen molar-refractivity contribution < 1.29 is 28.0 Å². The van der Waals surface area contributed by atoms with E-state index in [1.54, 1.807) is 12.1 Å². The van der Waals surface area contributed by atoms with Gasteiger partial charge in [-0.25, -0.2) is 8.42 Å². The number of nitrogens with zero attached hydrogens (tertiary/aromatic N) is 2. The number of unbranched alkanes of at least 4 members (excludes halogenated alkanes) is 1. The van der Waals surface area contributed by atoms with E-state index in [9.17, 15) is 13.2 Å². The quantitative estimate of drug-likeness (QED) is 0.164. The van der Waals surface area contributed by atoms with Crippen LogP contribution in [0.3, 0.4) is 0 Å². The summed E-state index contributed by atoms with van der Waals surface area (Å²) in [5.74, 6) is 0.0842. The van der Waals surface area contributed by atoms with Crippen molar-refractivity contribution in [1.29, 1.82) is 0 Å². The zero-order valence-corrected chi connectivity index (χ0v) is 23.6. The zero-order chi connectivity index (χ0) is 27.5. The van der Waals surface area contributed by atoms with Gasteiger partial charge in [-0.05, 0) is 62.2 Å². The lowest BCUT2D eigenvalue weighted by atomic mass is 9.81. The van der Waals surface area contributed by atoms with Crippen LogP contribution in [0, 0.1) is 5.92 Å². The van der Waals surface area contributed by atoms with Crippen molar-refractivity contribution in [2.24, 2.45) is 11.7 Å². The van der Waals surface area contributed by atoms with Gasteiger partial charge in [0.05, 0.1) is 11.5 Å². The number of hydrogen-bond acceptors (Lipinski definition) is 9. The largest absolute Gasteiger partial charge is 0.464 e. The van der Waals surface area contributed by atoms with Gasteiger partial charge in [0, 0.05) is 39.0 Å². The number of hydrogen-bond donors (Lipinski definition) is 3. The van der Waals surface area contributed by atoms with Crippen molar-refractivity contribution in [2.45, 2.75) is 75.7 Å². The molecule has 1 heterocycles. The van der Waals surface area contributed by atoms with Gasteiger partial charge in [-0.2, -0.15) is 0 Å². The lowest BCUT2D eigenvalue weighted by Crippen LogP contribution is -2.50. The third-order valence-corrected chi connectivity index (χ3v) is 8.12. The molecule has 0 bridgehead atoms. The predicted octanol–water partition coefficient (Wildman–Crippen LogP) is 1.92. The highest BCUT2D eigenvalue weighted by molar-refractivity contribution is 7.90. The first-order valence-corrected chi connectivity index (χ1v) is 15.3. The molecule has 0 radical (unpaired) electrons. The zero-order valence-electron chi connectivity index (χ0n) is 22.8. The van der Waals surface area contributed by atoms with Crippen molar-refractivity contribution in [3.8, 4) is 0 Å². The van der Waals surface area contributed by atoms with Crippen molar-refractivity contribution in [2.75, 3.05) is 45.6 Å². The Morgan fingerprint density at radius 2 is 1.65 bits per heavy atom. The van der Waals surface area contributed by atoms with Crippen molar-refractivity contribution in [1.82, 2.24) is 9.80 Å². The lowest BCUT2D eigenvalue weighted by molar-refractivity contribution is -0.151. The van der Waals surface area contributed by atoms with Gasteiger partial charge in [-0.3, -0.25) is 9.69 Å². The minimum Gasteiger partial charge on any atom is -0.464 e. The highest BCUT2D eigenvalue weighted by atomic mass is 32.2. The summed E-state index contributed by atoms with van der Waals surface area (Å²) in [4.78, 5) is 17.9. The maximum atomic E-state index is 12.8. The number of piperazine rings is 1. The molecule has 9 nitrogen and oxygen atoms in total. The first-order valence-electron chi connectivity index (χ1n) is 13.4. The van der Waals surface area contributed by atoms with Crippen LogP contribution in [0.5, 0.6) is 0 Å². The fourth-order valence-corrected chi connectivity index (χ4v) is 5.15. The Balaban J connectivity index is 1.79. The van der Waals surface area contributed by atoms with Gasteiger partial charge in [0.15, 0.2) is 9.84 Å². The van der Waals surface area contributed by atoms with Crippen LogP contribution in [-0.2, 0) is 25.9 Å². The number of benzene rings is 1. The molecule has 37 heavy (non-hydrogen) atoms. The Morgan fingerprint density at radius 1 is 1.05 bits per heavy atom. The molecule has 1 aliphatic rings. The molecule has 1 aliphatic heterocycles. The molecule has 1 fully saturated rings. The van der Waals surface area contributed by atoms with E-state index in [0.29, 0.717) is 43.1 Å². The molecular formula is C26H46BN3O6S. The number of rotatable bonds is 16. The normalized spacial score (nSPS) is 17.1. The van der Waals surface area contributed by atoms with E-state index in [1.807, 2.05) is 12.1 Å². The van der Waals surface area contributed by atoms with Gasteiger partial charge in [0.1, 0.15) is 5.54 Å². The first-order chi connectivity index (χ1) is 17.4. The average Bonchev–Trinajstić information content (AvgIpc) is 2.82. The Labute approximate surface area is 223 Å². The Morgan fingerprint density at radius 3 is 2.22 bits per heavy atom. The summed E-state index contributed by atoms with van der Waals surface area (Å²) in [6, 6.07) is 7.09. The third-order valence-electron chi connectivity index (χ3n) is 6.99. The molecule has 4 N–H and O–H groups in total. The van der Waals surface area contributed by atoms with Crippen molar-refractivity contribution >= 4 is 22.9 Å². The lowest BCUT2D eigenvalue weighted by Gasteiger charge is -2.35. The predicted molar refractivity (Wildman–Crippen MR) is 147 cm³/mol. The monoisotopic (exact) mass is 539 g/mol. The van der Waals surface area contributed by atoms with E-state index >= 15 is 0 Å². The molecule has 0 aromatic heterocycles. The Hall–Kier alpha value is -1.50. The molecular weight excluding hydrogens is 493 g/mol. The summed E-state index contributed by atoms with van der Waals surface area (Å²) in [6.07, 6.45) is 5.29. The number of sulfone groups is 1. The summed E-state index contributed by atoms with van der Waals surface area (Å²) in [5.41, 5.74) is 6.61. The molecule has 0 spiro atoms. The fraction of sp³-hybridized carbons (Fsp3) is 0.731. The van der Waals surface area contributed by atoms with E-state index < -0.39 is 22.5 Å². The van der Waals surface area contributed by atoms with E-state index in [-0.39, 0.29) is 12.3 Å². The SMILES string of the molecule is CC(C)CCOC(=O)C(N)(CCCCB(O)O)CCCN1CCN(Cc2ccc(S(C)(=O)=O)cc2)CC1. The van der Waals surface area contributed by atoms with E-state index in [2.05, 4.69) is 23.6 Å². The third kappa shape index (κ3) is 11.8. The van der Waals surface area contributed by atoms with Crippen LogP contribution in [0.1, 0.15) is 57.9 Å². The highest BCUT2D eigenvalue weighted by Gasteiger charge is 2.35. The smallest absolute Gasteiger partial charge is 0.451 e. The van der Waals surface area contributed by atoms with Crippen LogP contribution in [0.15, 0.2) is 29.2 Å². The second-order valence-corrected chi connectivity index (χ2v) is 12.9. The van der Waals surface area contributed by atoms with Gasteiger partial charge in [0.2, 0.25) is 0 Å². The first kappa shape index (κ1) is 31.7. The van der Waals surface area contributed by atoms with E-state index in [4.69, 9.17) is 20.5 Å². The summed E-state index contributed by atoms with van der Waals surface area (Å²) >= 11 is 0. The summed E-state index contributed by atoms with van der Waals surface area (Å²) in [7, 11) is -4.52. The van der Waals surface area contributed by atoms with Crippen LogP contribution in [0.4, 0.5) is 0 Å². The van der Waals surface area contributed by atoms with Gasteiger partial charge in [-0.1, -0.05) is 38.8 Å². The van der Waals surface area contributed by atoms with Crippen LogP contribution in [0.25, 0.3) is 0 Å². The molecule has 0 amide bonds. The highest BCUT2D eigenvalue weighted by Crippen LogP contribution is 2.22. The van der Waals surface area contributed by atoms with Crippen LogP contribution in [0.2, 0.25) is 6.32 Å². The maximum Gasteiger partial charge on any atom is 0.451 e. The standard InChI is InChI=1S/C26H46BN3O6S/c1-22(2)11-20-36-25(31)26(28,12-4-5-14-27(32)33)13-6-15-29-16-18-30(19-17-29)21-23-7-9-24(10-8-23)37(3,34)35/h7-10,22,32-33H,4-6,11-21,28H2,1-3H3. The van der Waals surface area contributed by atoms with E-state index in [1.165, 1.54) is 6.26 Å². The van der Waals surface area contributed by atoms with Crippen molar-refractivity contribution in [3.63, 3.8) is 0 Å². The molecule has 11 heteroatoms. The van der Waals surface area contributed by atoms with Crippen LogP contribution in [-0.4, -0.2) is 92.5 Å². The van der Waals surface area contributed by atoms with Crippen molar-refractivity contribution in [3.05, 3.63) is 29.8 Å². The maximum absolute atomic E-state index is 12.8. The summed E-state index contributed by atoms with van der Waals surface area (Å²) in [6.45, 7) is 9.85. The molecule has 1 aromatic carbocycles. The number of nitrogens with two attached hydrogens (primary N) is 1. The van der Waals surface area contributed by atoms with Gasteiger partial charge in [-0.15, -0.1) is 0 Å². The van der Waals surface area contributed by atoms with Crippen LogP contribution >= 0.6 is 0 Å². The Bertz CT molecular complexity index is 921. The van der Waals surface area contributed by atoms with E-state index in [0.717, 1.165) is 57.7 Å². The number of carbonyl (C=O) groups excluding carboxylic acids is 1. The summed E-state index contributed by atoms with van der Waals surface area (Å²) in [5, 5.41) is 18.2. The number of ether oxygens (including phenoxy) is 1. The van der Waals surface area contributed by atoms with Gasteiger partial charge >= 0.3 is 13.1 Å². The molecule has 210 valence electrons. The molecule has 1 atom stereocenters. The van der Waals surface area contributed by atoms with Gasteiger partial charge < -0.3 is 25.4 Å². The second kappa shape index (κ2) is 15.2. The summed E-state index contributed by atoms with van der Waals surface area (Å²) < 4.78 is 28.8. The molecule has 2 rings (SSSR count). The minimum atomic E-state index is -3.18. The molecule has 1 saturated heterocycles.